The van der Waals surface area contributed by atoms with Gasteiger partial charge in [0.25, 0.3) is 0 Å². The summed E-state index contributed by atoms with van der Waals surface area (Å²) in [6, 6.07) is 14.6. The van der Waals surface area contributed by atoms with Crippen molar-refractivity contribution in [1.29, 1.82) is 0 Å². The number of anilines is 1. The number of para-hydroxylation sites is 1. The van der Waals surface area contributed by atoms with Crippen molar-refractivity contribution in [3.8, 4) is 11.5 Å². The summed E-state index contributed by atoms with van der Waals surface area (Å²) in [4.78, 5) is 35.0. The van der Waals surface area contributed by atoms with Gasteiger partial charge in [-0.05, 0) is 37.1 Å². The standard InChI is InChI=1S/C21H22N6O3/c28-20(23-14-18-25-19(26-30-18)17-8-4-5-11-22-17)15-9-12-27(13-10-15)21(29)24-16-6-2-1-3-7-16/h1-8,11,15H,9-10,12-14H2,(H,23,28)(H,24,29). The van der Waals surface area contributed by atoms with E-state index in [2.05, 4.69) is 25.8 Å². The van der Waals surface area contributed by atoms with Crippen LogP contribution in [0.15, 0.2) is 59.3 Å². The SMILES string of the molecule is O=C(NCc1nc(-c2ccccn2)no1)C1CCN(C(=O)Nc2ccccc2)CC1. The highest BCUT2D eigenvalue weighted by Crippen LogP contribution is 2.19. The maximum Gasteiger partial charge on any atom is 0.321 e. The molecular formula is C21H22N6O3. The number of piperidine rings is 1. The first-order chi connectivity index (χ1) is 14.7. The van der Waals surface area contributed by atoms with Crippen LogP contribution in [0.2, 0.25) is 0 Å². The van der Waals surface area contributed by atoms with Crippen molar-refractivity contribution in [2.45, 2.75) is 19.4 Å². The van der Waals surface area contributed by atoms with Gasteiger partial charge >= 0.3 is 6.03 Å². The average Bonchev–Trinajstić information content (AvgIpc) is 3.28. The van der Waals surface area contributed by atoms with E-state index in [1.807, 2.05) is 36.4 Å². The number of benzene rings is 1. The summed E-state index contributed by atoms with van der Waals surface area (Å²) in [7, 11) is 0. The minimum Gasteiger partial charge on any atom is -0.347 e. The van der Waals surface area contributed by atoms with Gasteiger partial charge in [0, 0.05) is 30.9 Å². The van der Waals surface area contributed by atoms with E-state index >= 15 is 0 Å². The Morgan fingerprint density at radius 2 is 1.83 bits per heavy atom. The zero-order valence-electron chi connectivity index (χ0n) is 16.3. The topological polar surface area (TPSA) is 113 Å². The average molecular weight is 406 g/mol. The third-order valence-electron chi connectivity index (χ3n) is 4.95. The van der Waals surface area contributed by atoms with Crippen LogP contribution in [0.5, 0.6) is 0 Å². The summed E-state index contributed by atoms with van der Waals surface area (Å²) in [5.41, 5.74) is 1.37. The number of aromatic nitrogens is 3. The molecule has 0 atom stereocenters. The van der Waals surface area contributed by atoms with Gasteiger partial charge in [-0.25, -0.2) is 4.79 Å². The molecule has 9 nitrogen and oxygen atoms in total. The minimum absolute atomic E-state index is 0.0734. The van der Waals surface area contributed by atoms with Crippen molar-refractivity contribution in [2.24, 2.45) is 5.92 Å². The van der Waals surface area contributed by atoms with E-state index in [0.717, 1.165) is 5.69 Å². The molecule has 3 amide bonds. The molecule has 3 heterocycles. The molecule has 9 heteroatoms. The van der Waals surface area contributed by atoms with Gasteiger partial charge in [0.1, 0.15) is 5.69 Å². The maximum atomic E-state index is 12.5. The molecule has 4 rings (SSSR count). The molecule has 1 fully saturated rings. The molecule has 0 spiro atoms. The van der Waals surface area contributed by atoms with Crippen LogP contribution >= 0.6 is 0 Å². The first-order valence-electron chi connectivity index (χ1n) is 9.82. The van der Waals surface area contributed by atoms with Gasteiger partial charge in [-0.15, -0.1) is 0 Å². The van der Waals surface area contributed by atoms with Crippen molar-refractivity contribution in [3.63, 3.8) is 0 Å². The smallest absolute Gasteiger partial charge is 0.321 e. The lowest BCUT2D eigenvalue weighted by atomic mass is 9.96. The number of urea groups is 1. The Labute approximate surface area is 173 Å². The zero-order chi connectivity index (χ0) is 20.8. The van der Waals surface area contributed by atoms with Crippen molar-refractivity contribution >= 4 is 17.6 Å². The van der Waals surface area contributed by atoms with E-state index in [-0.39, 0.29) is 24.4 Å². The fourth-order valence-corrected chi connectivity index (χ4v) is 3.30. The Morgan fingerprint density at radius 3 is 2.57 bits per heavy atom. The number of carbonyl (C=O) groups is 2. The van der Waals surface area contributed by atoms with Gasteiger partial charge in [-0.3, -0.25) is 9.78 Å². The van der Waals surface area contributed by atoms with Crippen LogP contribution in [0.3, 0.4) is 0 Å². The first kappa shape index (κ1) is 19.6. The van der Waals surface area contributed by atoms with Gasteiger partial charge in [0.2, 0.25) is 17.6 Å². The molecule has 154 valence electrons. The fourth-order valence-electron chi connectivity index (χ4n) is 3.30. The summed E-state index contributed by atoms with van der Waals surface area (Å²) in [5, 5.41) is 9.60. The number of hydrogen-bond donors (Lipinski definition) is 2. The molecule has 0 bridgehead atoms. The monoisotopic (exact) mass is 406 g/mol. The van der Waals surface area contributed by atoms with Gasteiger partial charge < -0.3 is 20.1 Å². The number of rotatable bonds is 5. The molecule has 0 aliphatic carbocycles. The lowest BCUT2D eigenvalue weighted by Crippen LogP contribution is -2.44. The normalized spacial score (nSPS) is 14.3. The van der Waals surface area contributed by atoms with E-state index in [9.17, 15) is 9.59 Å². The molecular weight excluding hydrogens is 384 g/mol. The van der Waals surface area contributed by atoms with Crippen LogP contribution in [0, 0.1) is 5.92 Å². The van der Waals surface area contributed by atoms with E-state index in [4.69, 9.17) is 4.52 Å². The quantitative estimate of drug-likeness (QED) is 0.674. The third kappa shape index (κ3) is 4.80. The number of nitrogens with zero attached hydrogens (tertiary/aromatic N) is 4. The highest BCUT2D eigenvalue weighted by Gasteiger charge is 2.27. The van der Waals surface area contributed by atoms with E-state index in [0.29, 0.717) is 43.3 Å². The zero-order valence-corrected chi connectivity index (χ0v) is 16.3. The van der Waals surface area contributed by atoms with Crippen molar-refractivity contribution in [2.75, 3.05) is 18.4 Å². The molecule has 0 saturated carbocycles. The van der Waals surface area contributed by atoms with Crippen molar-refractivity contribution < 1.29 is 14.1 Å². The Kier molecular flexibility index (Phi) is 5.98. The predicted octanol–water partition coefficient (Wildman–Crippen LogP) is 2.69. The largest absolute Gasteiger partial charge is 0.347 e. The van der Waals surface area contributed by atoms with Gasteiger partial charge in [0.15, 0.2) is 0 Å². The summed E-state index contributed by atoms with van der Waals surface area (Å²) in [5.74, 6) is 0.487. The molecule has 1 saturated heterocycles. The Morgan fingerprint density at radius 1 is 1.07 bits per heavy atom. The number of nitrogens with one attached hydrogen (secondary N) is 2. The molecule has 0 unspecified atom stereocenters. The van der Waals surface area contributed by atoms with Crippen LogP contribution < -0.4 is 10.6 Å². The summed E-state index contributed by atoms with van der Waals surface area (Å²) < 4.78 is 5.18. The van der Waals surface area contributed by atoms with Gasteiger partial charge in [-0.1, -0.05) is 29.4 Å². The van der Waals surface area contributed by atoms with Gasteiger partial charge in [0.05, 0.1) is 6.54 Å². The molecule has 30 heavy (non-hydrogen) atoms. The van der Waals surface area contributed by atoms with E-state index in [1.165, 1.54) is 0 Å². The number of amides is 3. The lowest BCUT2D eigenvalue weighted by molar-refractivity contribution is -0.126. The van der Waals surface area contributed by atoms with Crippen molar-refractivity contribution in [1.82, 2.24) is 25.3 Å². The number of carbonyl (C=O) groups excluding carboxylic acids is 2. The molecule has 1 aliphatic heterocycles. The van der Waals surface area contributed by atoms with Crippen LogP contribution in [-0.2, 0) is 11.3 Å². The summed E-state index contributed by atoms with van der Waals surface area (Å²) in [6.45, 7) is 1.22. The number of pyridine rings is 1. The van der Waals surface area contributed by atoms with E-state index < -0.39 is 0 Å². The second kappa shape index (κ2) is 9.17. The lowest BCUT2D eigenvalue weighted by Gasteiger charge is -2.31. The number of likely N-dealkylation sites (tertiary alicyclic amines) is 1. The van der Waals surface area contributed by atoms with Crippen LogP contribution in [-0.4, -0.2) is 45.1 Å². The van der Waals surface area contributed by atoms with E-state index in [1.54, 1.807) is 23.2 Å². The highest BCUT2D eigenvalue weighted by molar-refractivity contribution is 5.89. The molecule has 2 N–H and O–H groups in total. The summed E-state index contributed by atoms with van der Waals surface area (Å²) >= 11 is 0. The van der Waals surface area contributed by atoms with Gasteiger partial charge in [-0.2, -0.15) is 4.98 Å². The Bertz CT molecular complexity index is 984. The predicted molar refractivity (Wildman–Crippen MR) is 109 cm³/mol. The third-order valence-corrected chi connectivity index (χ3v) is 4.95. The fraction of sp³-hybridized carbons (Fsp3) is 0.286. The van der Waals surface area contributed by atoms with Crippen LogP contribution in [0.4, 0.5) is 10.5 Å². The summed E-state index contributed by atoms with van der Waals surface area (Å²) in [6.07, 6.45) is 2.87. The molecule has 3 aromatic rings. The molecule has 1 aromatic carbocycles. The Hall–Kier alpha value is -3.75. The minimum atomic E-state index is -0.149. The van der Waals surface area contributed by atoms with Crippen LogP contribution in [0.1, 0.15) is 18.7 Å². The first-order valence-corrected chi connectivity index (χ1v) is 9.82. The maximum absolute atomic E-state index is 12.5. The molecule has 2 aromatic heterocycles. The highest BCUT2D eigenvalue weighted by atomic mass is 16.5. The Balaban J connectivity index is 1.23. The molecule has 0 radical (unpaired) electrons. The second-order valence-corrected chi connectivity index (χ2v) is 7.00. The second-order valence-electron chi connectivity index (χ2n) is 7.00. The van der Waals surface area contributed by atoms with Crippen molar-refractivity contribution in [3.05, 3.63) is 60.6 Å². The molecule has 1 aliphatic rings. The number of hydrogen-bond acceptors (Lipinski definition) is 6. The van der Waals surface area contributed by atoms with Crippen LogP contribution in [0.25, 0.3) is 11.5 Å².